The molecule has 0 saturated heterocycles. The highest BCUT2D eigenvalue weighted by Crippen LogP contribution is 2.31. The zero-order chi connectivity index (χ0) is 7.40. The molecule has 0 spiro atoms. The molecule has 1 N–H and O–H groups in total. The first kappa shape index (κ1) is 7.80. The van der Waals surface area contributed by atoms with Gasteiger partial charge in [-0.15, -0.1) is 0 Å². The van der Waals surface area contributed by atoms with Gasteiger partial charge in [-0.1, -0.05) is 18.6 Å². The van der Waals surface area contributed by atoms with E-state index in [2.05, 4.69) is 25.2 Å². The van der Waals surface area contributed by atoms with Crippen LogP contribution in [0.3, 0.4) is 0 Å². The first-order chi connectivity index (χ1) is 4.83. The Morgan fingerprint density at radius 1 is 1.60 bits per heavy atom. The molecule has 0 heterocycles. The average Bonchev–Trinajstić information content (AvgIpc) is 2.67. The van der Waals surface area contributed by atoms with E-state index in [9.17, 15) is 0 Å². The molecule has 1 fully saturated rings. The molecule has 1 aliphatic carbocycles. The van der Waals surface area contributed by atoms with Crippen molar-refractivity contribution in [2.75, 3.05) is 13.1 Å². The summed E-state index contributed by atoms with van der Waals surface area (Å²) in [4.78, 5) is 0. The summed E-state index contributed by atoms with van der Waals surface area (Å²) >= 11 is 0. The molecule has 0 amide bonds. The van der Waals surface area contributed by atoms with Gasteiger partial charge in [-0.25, -0.2) is 0 Å². The molecule has 10 heavy (non-hydrogen) atoms. The third-order valence-corrected chi connectivity index (χ3v) is 1.80. The van der Waals surface area contributed by atoms with E-state index in [0.717, 1.165) is 19.0 Å². The Labute approximate surface area is 63.5 Å². The fourth-order valence-corrected chi connectivity index (χ4v) is 1.05. The molecule has 1 saturated carbocycles. The second kappa shape index (κ2) is 3.77. The minimum absolute atomic E-state index is 0.929. The van der Waals surface area contributed by atoms with Crippen molar-refractivity contribution in [3.63, 3.8) is 0 Å². The predicted octanol–water partition coefficient (Wildman–Crippen LogP) is 1.95. The van der Waals surface area contributed by atoms with Crippen LogP contribution in [0.5, 0.6) is 0 Å². The Bertz CT molecular complexity index is 123. The van der Waals surface area contributed by atoms with E-state index in [-0.39, 0.29) is 0 Å². The lowest BCUT2D eigenvalue weighted by molar-refractivity contribution is 0.771. The van der Waals surface area contributed by atoms with Crippen LogP contribution in [0.25, 0.3) is 0 Å². The zero-order valence-electron chi connectivity index (χ0n) is 6.98. The summed E-state index contributed by atoms with van der Waals surface area (Å²) in [5.74, 6) is 0.929. The van der Waals surface area contributed by atoms with Crippen LogP contribution >= 0.6 is 0 Å². The summed E-state index contributed by atoms with van der Waals surface area (Å²) in [5, 5.41) is 3.31. The van der Waals surface area contributed by atoms with Crippen molar-refractivity contribution in [3.05, 3.63) is 11.6 Å². The smallest absolute Gasteiger partial charge is 0.0161 e. The molecule has 0 aliphatic heterocycles. The molecule has 1 nitrogen and oxygen atoms in total. The molecule has 58 valence electrons. The van der Waals surface area contributed by atoms with Gasteiger partial charge in [-0.2, -0.15) is 0 Å². The van der Waals surface area contributed by atoms with Crippen molar-refractivity contribution in [1.82, 2.24) is 5.32 Å². The maximum atomic E-state index is 3.31. The van der Waals surface area contributed by atoms with E-state index in [1.807, 2.05) is 0 Å². The second-order valence-corrected chi connectivity index (χ2v) is 3.13. The summed E-state index contributed by atoms with van der Waals surface area (Å²) < 4.78 is 0. The van der Waals surface area contributed by atoms with Crippen LogP contribution in [-0.2, 0) is 0 Å². The lowest BCUT2D eigenvalue weighted by Crippen LogP contribution is -2.14. The summed E-state index contributed by atoms with van der Waals surface area (Å²) in [7, 11) is 0. The van der Waals surface area contributed by atoms with Crippen LogP contribution in [0.1, 0.15) is 26.7 Å². The molecule has 1 rings (SSSR count). The Balaban J connectivity index is 2.11. The zero-order valence-corrected chi connectivity index (χ0v) is 6.98. The Hall–Kier alpha value is -0.300. The Kier molecular flexibility index (Phi) is 2.94. The highest BCUT2D eigenvalue weighted by atomic mass is 14.8. The fraction of sp³-hybridized carbons (Fsp3) is 0.778. The van der Waals surface area contributed by atoms with E-state index in [4.69, 9.17) is 0 Å². The average molecular weight is 139 g/mol. The normalized spacial score (nSPS) is 19.6. The highest BCUT2D eigenvalue weighted by Gasteiger charge is 2.17. The molecule has 0 radical (unpaired) electrons. The largest absolute Gasteiger partial charge is 0.313 e. The molecular formula is C9H17N. The van der Waals surface area contributed by atoms with Crippen LogP contribution in [0, 0.1) is 5.92 Å². The van der Waals surface area contributed by atoms with Crippen LogP contribution in [-0.4, -0.2) is 13.1 Å². The highest BCUT2D eigenvalue weighted by molar-refractivity contribution is 5.06. The van der Waals surface area contributed by atoms with E-state index < -0.39 is 0 Å². The molecule has 0 aromatic rings. The van der Waals surface area contributed by atoms with Crippen molar-refractivity contribution >= 4 is 0 Å². The number of nitrogens with one attached hydrogen (secondary N) is 1. The topological polar surface area (TPSA) is 12.0 Å². The van der Waals surface area contributed by atoms with Gasteiger partial charge in [-0.05, 0) is 32.2 Å². The van der Waals surface area contributed by atoms with Crippen molar-refractivity contribution in [2.45, 2.75) is 26.7 Å². The van der Waals surface area contributed by atoms with E-state index in [0.29, 0.717) is 0 Å². The van der Waals surface area contributed by atoms with Crippen molar-refractivity contribution in [3.8, 4) is 0 Å². The Morgan fingerprint density at radius 2 is 2.30 bits per heavy atom. The molecule has 1 heteroatoms. The number of allylic oxidation sites excluding steroid dienone is 1. The molecule has 0 aromatic carbocycles. The summed E-state index contributed by atoms with van der Waals surface area (Å²) in [6.45, 7) is 6.51. The second-order valence-electron chi connectivity index (χ2n) is 3.13. The van der Waals surface area contributed by atoms with Gasteiger partial charge >= 0.3 is 0 Å². The van der Waals surface area contributed by atoms with Crippen LogP contribution in [0.2, 0.25) is 0 Å². The van der Waals surface area contributed by atoms with E-state index in [1.54, 1.807) is 0 Å². The van der Waals surface area contributed by atoms with Gasteiger partial charge in [0.25, 0.3) is 0 Å². The van der Waals surface area contributed by atoms with Crippen molar-refractivity contribution in [2.24, 2.45) is 5.92 Å². The minimum Gasteiger partial charge on any atom is -0.313 e. The lowest BCUT2D eigenvalue weighted by atomic mass is 10.2. The van der Waals surface area contributed by atoms with Crippen LogP contribution in [0.4, 0.5) is 0 Å². The standard InChI is InChI=1S/C9H17N/c1-3-10-7-8(2)6-9-4-5-9/h6,9-10H,3-5,7H2,1-2H3/b8-6+. The lowest BCUT2D eigenvalue weighted by Gasteiger charge is -2.00. The molecule has 0 atom stereocenters. The predicted molar refractivity (Wildman–Crippen MR) is 45.0 cm³/mol. The SMILES string of the molecule is CCNC/C(C)=C/C1CC1. The number of likely N-dealkylation sites (N-methyl/N-ethyl adjacent to an activating group) is 1. The van der Waals surface area contributed by atoms with Crippen LogP contribution in [0.15, 0.2) is 11.6 Å². The summed E-state index contributed by atoms with van der Waals surface area (Å²) in [5.41, 5.74) is 1.50. The first-order valence-electron chi connectivity index (χ1n) is 4.21. The van der Waals surface area contributed by atoms with Gasteiger partial charge in [0.2, 0.25) is 0 Å². The molecule has 0 bridgehead atoms. The van der Waals surface area contributed by atoms with Crippen molar-refractivity contribution in [1.29, 1.82) is 0 Å². The monoisotopic (exact) mass is 139 g/mol. The number of rotatable bonds is 4. The van der Waals surface area contributed by atoms with E-state index in [1.165, 1.54) is 18.4 Å². The molecular weight excluding hydrogens is 122 g/mol. The maximum absolute atomic E-state index is 3.31. The van der Waals surface area contributed by atoms with Gasteiger partial charge in [0, 0.05) is 6.54 Å². The fourth-order valence-electron chi connectivity index (χ4n) is 1.05. The Morgan fingerprint density at radius 3 is 2.80 bits per heavy atom. The van der Waals surface area contributed by atoms with Gasteiger partial charge < -0.3 is 5.32 Å². The summed E-state index contributed by atoms with van der Waals surface area (Å²) in [6, 6.07) is 0. The quantitative estimate of drug-likeness (QED) is 0.587. The maximum Gasteiger partial charge on any atom is 0.0161 e. The third kappa shape index (κ3) is 3.02. The van der Waals surface area contributed by atoms with Gasteiger partial charge in [0.15, 0.2) is 0 Å². The van der Waals surface area contributed by atoms with Crippen molar-refractivity contribution < 1.29 is 0 Å². The minimum atomic E-state index is 0.929. The van der Waals surface area contributed by atoms with E-state index >= 15 is 0 Å². The first-order valence-corrected chi connectivity index (χ1v) is 4.21. The van der Waals surface area contributed by atoms with Gasteiger partial charge in [0.1, 0.15) is 0 Å². The van der Waals surface area contributed by atoms with Gasteiger partial charge in [0.05, 0.1) is 0 Å². The summed E-state index contributed by atoms with van der Waals surface area (Å²) in [6.07, 6.45) is 5.25. The molecule has 0 aromatic heterocycles. The number of hydrogen-bond donors (Lipinski definition) is 1. The van der Waals surface area contributed by atoms with Crippen LogP contribution < -0.4 is 5.32 Å². The van der Waals surface area contributed by atoms with Gasteiger partial charge in [-0.3, -0.25) is 0 Å². The number of hydrogen-bond acceptors (Lipinski definition) is 1. The third-order valence-electron chi connectivity index (χ3n) is 1.80. The molecule has 1 aliphatic rings. The molecule has 0 unspecified atom stereocenters.